The number of aliphatic hydroxyl groups excluding tert-OH is 1. The molecular weight excluding hydrogens is 320 g/mol. The van der Waals surface area contributed by atoms with E-state index in [2.05, 4.69) is 16.0 Å². The number of rotatable bonds is 10. The van der Waals surface area contributed by atoms with Gasteiger partial charge < -0.3 is 31.9 Å². The topological polar surface area (TPSA) is 171 Å². The summed E-state index contributed by atoms with van der Waals surface area (Å²) in [6, 6.07) is -3.21. The monoisotopic (exact) mass is 346 g/mol. The van der Waals surface area contributed by atoms with E-state index in [0.717, 1.165) is 0 Å². The first kappa shape index (κ1) is 21.8. The van der Waals surface area contributed by atoms with Gasteiger partial charge in [0.2, 0.25) is 17.7 Å². The van der Waals surface area contributed by atoms with Crippen LogP contribution >= 0.6 is 0 Å². The third-order valence-corrected chi connectivity index (χ3v) is 2.99. The van der Waals surface area contributed by atoms with Gasteiger partial charge in [0.1, 0.15) is 12.1 Å². The van der Waals surface area contributed by atoms with Gasteiger partial charge in [0, 0.05) is 0 Å². The Morgan fingerprint density at radius 2 is 1.58 bits per heavy atom. The zero-order chi connectivity index (χ0) is 18.9. The summed E-state index contributed by atoms with van der Waals surface area (Å²) in [7, 11) is 0. The van der Waals surface area contributed by atoms with Crippen LogP contribution in [-0.4, -0.2) is 65.2 Å². The number of amides is 3. The predicted octanol–water partition coefficient (Wildman–Crippen LogP) is -2.46. The Hall–Kier alpha value is -2.20. The lowest BCUT2D eigenvalue weighted by Gasteiger charge is -2.22. The highest BCUT2D eigenvalue weighted by molar-refractivity contribution is 5.92. The molecule has 0 aromatic carbocycles. The number of carbonyl (C=O) groups excluding carboxylic acids is 3. The summed E-state index contributed by atoms with van der Waals surface area (Å²) in [4.78, 5) is 46.1. The van der Waals surface area contributed by atoms with Crippen LogP contribution in [0.4, 0.5) is 0 Å². The van der Waals surface area contributed by atoms with Crippen molar-refractivity contribution in [2.75, 3.05) is 13.2 Å². The van der Waals surface area contributed by atoms with Gasteiger partial charge in [0.15, 0.2) is 0 Å². The molecule has 0 bridgehead atoms. The van der Waals surface area contributed by atoms with Crippen molar-refractivity contribution >= 4 is 23.7 Å². The first-order chi connectivity index (χ1) is 11.1. The predicted molar refractivity (Wildman–Crippen MR) is 84.7 cm³/mol. The van der Waals surface area contributed by atoms with Gasteiger partial charge >= 0.3 is 5.97 Å². The summed E-state index contributed by atoms with van der Waals surface area (Å²) < 4.78 is 0. The Morgan fingerprint density at radius 1 is 1.00 bits per heavy atom. The number of carboxylic acids is 1. The average Bonchev–Trinajstić information content (AvgIpc) is 2.48. The second kappa shape index (κ2) is 10.6. The van der Waals surface area contributed by atoms with Crippen molar-refractivity contribution < 1.29 is 29.4 Å². The number of hydrogen-bond acceptors (Lipinski definition) is 6. The first-order valence-electron chi connectivity index (χ1n) is 7.55. The minimum Gasteiger partial charge on any atom is -0.480 e. The van der Waals surface area contributed by atoms with E-state index < -0.39 is 48.4 Å². The summed E-state index contributed by atoms with van der Waals surface area (Å²) in [5.41, 5.74) is 5.35. The highest BCUT2D eigenvalue weighted by atomic mass is 16.4. The molecule has 138 valence electrons. The lowest BCUT2D eigenvalue weighted by molar-refractivity contribution is -0.143. The van der Waals surface area contributed by atoms with E-state index in [1.165, 1.54) is 6.92 Å². The molecular formula is C14H26N4O6. The maximum absolute atomic E-state index is 12.1. The number of carbonyl (C=O) groups is 4. The van der Waals surface area contributed by atoms with Crippen molar-refractivity contribution in [3.05, 3.63) is 0 Å². The second-order valence-corrected chi connectivity index (χ2v) is 5.84. The maximum Gasteiger partial charge on any atom is 0.328 e. The molecule has 10 nitrogen and oxygen atoms in total. The summed E-state index contributed by atoms with van der Waals surface area (Å²) in [6.07, 6.45) is 0.260. The Morgan fingerprint density at radius 3 is 2.00 bits per heavy atom. The van der Waals surface area contributed by atoms with Gasteiger partial charge in [-0.05, 0) is 19.3 Å². The fraction of sp³-hybridized carbons (Fsp3) is 0.714. The lowest BCUT2D eigenvalue weighted by Crippen LogP contribution is -2.54. The van der Waals surface area contributed by atoms with Gasteiger partial charge in [0.05, 0.1) is 19.2 Å². The lowest BCUT2D eigenvalue weighted by atomic mass is 10.0. The molecule has 0 heterocycles. The van der Waals surface area contributed by atoms with E-state index in [9.17, 15) is 19.2 Å². The summed E-state index contributed by atoms with van der Waals surface area (Å²) in [6.45, 7) is 3.98. The molecule has 3 atom stereocenters. The Kier molecular flexibility index (Phi) is 9.58. The van der Waals surface area contributed by atoms with Crippen molar-refractivity contribution in [3.8, 4) is 0 Å². The van der Waals surface area contributed by atoms with E-state index in [4.69, 9.17) is 15.9 Å². The SMILES string of the molecule is CC(C)CC(NC(=O)CNC(=O)C(C)N)C(=O)NC(CO)C(=O)O. The molecule has 0 aliphatic heterocycles. The third kappa shape index (κ3) is 8.44. The molecule has 10 heteroatoms. The molecule has 3 amide bonds. The molecule has 0 rings (SSSR count). The fourth-order valence-corrected chi connectivity index (χ4v) is 1.73. The van der Waals surface area contributed by atoms with Gasteiger partial charge in [-0.15, -0.1) is 0 Å². The number of aliphatic carboxylic acids is 1. The number of hydrogen-bond donors (Lipinski definition) is 6. The minimum atomic E-state index is -1.46. The normalized spacial score (nSPS) is 14.4. The van der Waals surface area contributed by atoms with Crippen molar-refractivity contribution in [2.45, 2.75) is 45.3 Å². The van der Waals surface area contributed by atoms with E-state index in [1.54, 1.807) is 0 Å². The zero-order valence-electron chi connectivity index (χ0n) is 14.0. The van der Waals surface area contributed by atoms with Crippen molar-refractivity contribution in [1.29, 1.82) is 0 Å². The molecule has 0 saturated carbocycles. The molecule has 7 N–H and O–H groups in total. The molecule has 0 aromatic rings. The summed E-state index contributed by atoms with van der Waals surface area (Å²) in [5, 5.41) is 24.7. The molecule has 0 fully saturated rings. The van der Waals surface area contributed by atoms with Crippen LogP contribution < -0.4 is 21.7 Å². The van der Waals surface area contributed by atoms with Crippen molar-refractivity contribution in [1.82, 2.24) is 16.0 Å². The molecule has 0 spiro atoms. The third-order valence-electron chi connectivity index (χ3n) is 2.99. The van der Waals surface area contributed by atoms with E-state index >= 15 is 0 Å². The quantitative estimate of drug-likeness (QED) is 0.255. The number of nitrogens with one attached hydrogen (secondary N) is 3. The first-order valence-corrected chi connectivity index (χ1v) is 7.55. The van der Waals surface area contributed by atoms with Crippen molar-refractivity contribution in [3.63, 3.8) is 0 Å². The molecule has 0 aliphatic carbocycles. The van der Waals surface area contributed by atoms with Crippen LogP contribution in [-0.2, 0) is 19.2 Å². The number of nitrogens with two attached hydrogens (primary N) is 1. The standard InChI is InChI=1S/C14H26N4O6/c1-7(2)4-9(13(22)18-10(6-19)14(23)24)17-11(20)5-16-12(21)8(3)15/h7-10,19H,4-6,15H2,1-3H3,(H,16,21)(H,17,20)(H,18,22)(H,23,24). The smallest absolute Gasteiger partial charge is 0.328 e. The molecule has 3 unspecified atom stereocenters. The van der Waals surface area contributed by atoms with E-state index in [0.29, 0.717) is 0 Å². The van der Waals surface area contributed by atoms with Crippen molar-refractivity contribution in [2.24, 2.45) is 11.7 Å². The van der Waals surface area contributed by atoms with Crippen LogP contribution in [0.25, 0.3) is 0 Å². The maximum atomic E-state index is 12.1. The Balaban J connectivity index is 4.75. The van der Waals surface area contributed by atoms with E-state index in [1.807, 2.05) is 13.8 Å². The highest BCUT2D eigenvalue weighted by Crippen LogP contribution is 2.05. The average molecular weight is 346 g/mol. The molecule has 0 radical (unpaired) electrons. The molecule has 0 saturated heterocycles. The Labute approximate surface area is 140 Å². The molecule has 24 heavy (non-hydrogen) atoms. The van der Waals surface area contributed by atoms with Gasteiger partial charge in [0.25, 0.3) is 0 Å². The van der Waals surface area contributed by atoms with E-state index in [-0.39, 0.29) is 18.9 Å². The second-order valence-electron chi connectivity index (χ2n) is 5.84. The summed E-state index contributed by atoms with van der Waals surface area (Å²) in [5.74, 6) is -3.19. The number of aliphatic hydroxyl groups is 1. The Bertz CT molecular complexity index is 466. The van der Waals surface area contributed by atoms with Crippen LogP contribution in [0.15, 0.2) is 0 Å². The zero-order valence-corrected chi connectivity index (χ0v) is 14.0. The van der Waals surface area contributed by atoms with Crippen LogP contribution in [0.2, 0.25) is 0 Å². The molecule has 0 aromatic heterocycles. The minimum absolute atomic E-state index is 0.0390. The van der Waals surface area contributed by atoms with Crippen LogP contribution in [0, 0.1) is 5.92 Å². The van der Waals surface area contributed by atoms with Gasteiger partial charge in [-0.3, -0.25) is 14.4 Å². The van der Waals surface area contributed by atoms with Gasteiger partial charge in [-0.25, -0.2) is 4.79 Å². The highest BCUT2D eigenvalue weighted by Gasteiger charge is 2.26. The van der Waals surface area contributed by atoms with Crippen LogP contribution in [0.5, 0.6) is 0 Å². The number of carboxylic acid groups (broad SMARTS) is 1. The van der Waals surface area contributed by atoms with Crippen LogP contribution in [0.3, 0.4) is 0 Å². The summed E-state index contributed by atoms with van der Waals surface area (Å²) >= 11 is 0. The largest absolute Gasteiger partial charge is 0.480 e. The molecule has 0 aliphatic rings. The fourth-order valence-electron chi connectivity index (χ4n) is 1.73. The van der Waals surface area contributed by atoms with Gasteiger partial charge in [-0.1, -0.05) is 13.8 Å². The van der Waals surface area contributed by atoms with Crippen LogP contribution in [0.1, 0.15) is 27.2 Å². The van der Waals surface area contributed by atoms with Gasteiger partial charge in [-0.2, -0.15) is 0 Å².